The Morgan fingerprint density at radius 3 is 2.33 bits per heavy atom. The van der Waals surface area contributed by atoms with Crippen LogP contribution in [0.1, 0.15) is 83.1 Å². The second-order valence-corrected chi connectivity index (χ2v) is 10.4. The predicted octanol–water partition coefficient (Wildman–Crippen LogP) is 6.25. The Morgan fingerprint density at radius 2 is 1.70 bits per heavy atom. The highest BCUT2D eigenvalue weighted by Crippen LogP contribution is 2.61. The maximum atomic E-state index is 12.9. The van der Waals surface area contributed by atoms with Crippen molar-refractivity contribution < 1.29 is 9.53 Å². The lowest BCUT2D eigenvalue weighted by Gasteiger charge is -2.57. The molecule has 4 saturated carbocycles. The summed E-state index contributed by atoms with van der Waals surface area (Å²) in [5, 5.41) is 0. The van der Waals surface area contributed by atoms with Gasteiger partial charge in [0.05, 0.1) is 6.61 Å². The fourth-order valence-electron chi connectivity index (χ4n) is 6.89. The molecule has 0 aromatic carbocycles. The minimum absolute atomic E-state index is 0.0921. The van der Waals surface area contributed by atoms with Crippen molar-refractivity contribution in [2.24, 2.45) is 23.2 Å². The summed E-state index contributed by atoms with van der Waals surface area (Å²) in [5.74, 6) is 2.93. The number of hydrogen-bond acceptors (Lipinski definition) is 3. The number of aromatic nitrogens is 1. The van der Waals surface area contributed by atoms with Gasteiger partial charge in [-0.2, -0.15) is 0 Å². The third-order valence-electron chi connectivity index (χ3n) is 7.95. The number of hydrogen-bond donors (Lipinski definition) is 0. The van der Waals surface area contributed by atoms with Gasteiger partial charge >= 0.3 is 6.09 Å². The lowest BCUT2D eigenvalue weighted by atomic mass is 9.49. The fraction of sp³-hybridized carbons (Fsp3) is 0.769. The predicted molar refractivity (Wildman–Crippen MR) is 120 cm³/mol. The molecule has 0 saturated heterocycles. The van der Waals surface area contributed by atoms with Crippen LogP contribution < -0.4 is 0 Å². The summed E-state index contributed by atoms with van der Waals surface area (Å²) in [4.78, 5) is 18.9. The average molecular weight is 413 g/mol. The Hall–Kier alpha value is -1.58. The largest absolute Gasteiger partial charge is 0.449 e. The number of amides is 1. The van der Waals surface area contributed by atoms with Gasteiger partial charge in [0.2, 0.25) is 0 Å². The molecular weight excluding hydrogens is 372 g/mol. The molecule has 166 valence electrons. The van der Waals surface area contributed by atoms with E-state index in [4.69, 9.17) is 4.74 Å². The zero-order valence-corrected chi connectivity index (χ0v) is 18.9. The molecule has 30 heavy (non-hydrogen) atoms. The van der Waals surface area contributed by atoms with Gasteiger partial charge in [0.1, 0.15) is 0 Å². The molecule has 4 aliphatic carbocycles. The van der Waals surface area contributed by atoms with E-state index in [1.165, 1.54) is 63.4 Å². The van der Waals surface area contributed by atoms with Crippen LogP contribution in [0.5, 0.6) is 0 Å². The molecule has 1 aromatic rings. The van der Waals surface area contributed by atoms with E-state index in [0.29, 0.717) is 12.0 Å². The van der Waals surface area contributed by atoms with Crippen LogP contribution in [0.25, 0.3) is 0 Å². The van der Waals surface area contributed by atoms with E-state index in [1.54, 1.807) is 0 Å². The molecule has 0 radical (unpaired) electrons. The van der Waals surface area contributed by atoms with Crippen LogP contribution in [0.4, 0.5) is 4.79 Å². The summed E-state index contributed by atoms with van der Waals surface area (Å²) in [7, 11) is 0. The van der Waals surface area contributed by atoms with Gasteiger partial charge < -0.3 is 9.64 Å². The smallest absolute Gasteiger partial charge is 0.409 e. The fourth-order valence-corrected chi connectivity index (χ4v) is 6.89. The monoisotopic (exact) mass is 412 g/mol. The zero-order valence-electron chi connectivity index (χ0n) is 18.9. The standard InChI is InChI=1S/C26H40N2O2/c1-2-3-4-12-28(25(29)30-14-5-6-21-7-10-27-11-8-21)13-9-26-18-22-15-23(19-26)17-24(16-22)20-26/h7-8,10-11,22-24H,2-6,9,12-20H2,1H3. The van der Waals surface area contributed by atoms with Crippen molar-refractivity contribution in [3.63, 3.8) is 0 Å². The first-order valence-electron chi connectivity index (χ1n) is 12.5. The van der Waals surface area contributed by atoms with Gasteiger partial charge in [0.15, 0.2) is 0 Å². The second kappa shape index (κ2) is 10.2. The van der Waals surface area contributed by atoms with Gasteiger partial charge in [-0.25, -0.2) is 4.79 Å². The molecule has 1 aromatic heterocycles. The van der Waals surface area contributed by atoms with Gasteiger partial charge in [-0.05, 0) is 105 Å². The van der Waals surface area contributed by atoms with Gasteiger partial charge in [0, 0.05) is 25.5 Å². The lowest BCUT2D eigenvalue weighted by molar-refractivity contribution is -0.0605. The molecule has 0 spiro atoms. The molecule has 0 atom stereocenters. The molecule has 0 N–H and O–H groups in total. The van der Waals surface area contributed by atoms with E-state index in [9.17, 15) is 4.79 Å². The SMILES string of the molecule is CCCCCN(CCC12CC3CC(CC(C3)C1)C2)C(=O)OCCCc1ccncc1. The number of rotatable bonds is 11. The highest BCUT2D eigenvalue weighted by Gasteiger charge is 2.50. The Morgan fingerprint density at radius 1 is 1.03 bits per heavy atom. The third kappa shape index (κ3) is 5.56. The van der Waals surface area contributed by atoms with E-state index in [-0.39, 0.29) is 6.09 Å². The average Bonchev–Trinajstić information content (AvgIpc) is 2.73. The number of ether oxygens (including phenoxy) is 1. The summed E-state index contributed by atoms with van der Waals surface area (Å²) < 4.78 is 5.70. The van der Waals surface area contributed by atoms with Crippen LogP contribution >= 0.6 is 0 Å². The molecular formula is C26H40N2O2. The summed E-state index contributed by atoms with van der Waals surface area (Å²) in [6, 6.07) is 4.06. The Balaban J connectivity index is 1.26. The van der Waals surface area contributed by atoms with Gasteiger partial charge in [-0.15, -0.1) is 0 Å². The number of pyridine rings is 1. The first-order valence-corrected chi connectivity index (χ1v) is 12.5. The highest BCUT2D eigenvalue weighted by atomic mass is 16.6. The molecule has 4 aliphatic rings. The maximum Gasteiger partial charge on any atom is 0.409 e. The van der Waals surface area contributed by atoms with E-state index < -0.39 is 0 Å². The first-order chi connectivity index (χ1) is 14.7. The van der Waals surface area contributed by atoms with Crippen LogP contribution in [0.2, 0.25) is 0 Å². The van der Waals surface area contributed by atoms with E-state index in [0.717, 1.165) is 50.1 Å². The Kier molecular flexibility index (Phi) is 7.32. The van der Waals surface area contributed by atoms with E-state index >= 15 is 0 Å². The molecule has 0 aliphatic heterocycles. The van der Waals surface area contributed by atoms with Crippen LogP contribution in [-0.2, 0) is 11.2 Å². The van der Waals surface area contributed by atoms with Crippen LogP contribution in [0.15, 0.2) is 24.5 Å². The zero-order chi connectivity index (χ0) is 20.8. The van der Waals surface area contributed by atoms with Crippen LogP contribution in [-0.4, -0.2) is 35.7 Å². The van der Waals surface area contributed by atoms with Crippen molar-refractivity contribution in [3.05, 3.63) is 30.1 Å². The Labute approximate surface area is 182 Å². The molecule has 1 heterocycles. The molecule has 4 fully saturated rings. The van der Waals surface area contributed by atoms with Gasteiger partial charge in [-0.1, -0.05) is 19.8 Å². The quantitative estimate of drug-likeness (QED) is 0.403. The number of carbonyl (C=O) groups is 1. The third-order valence-corrected chi connectivity index (χ3v) is 7.95. The van der Waals surface area contributed by atoms with Gasteiger partial charge in [0.25, 0.3) is 0 Å². The topological polar surface area (TPSA) is 42.4 Å². The maximum absolute atomic E-state index is 12.9. The van der Waals surface area contributed by atoms with Crippen molar-refractivity contribution in [2.45, 2.75) is 84.0 Å². The number of nitrogens with zero attached hydrogens (tertiary/aromatic N) is 2. The summed E-state index contributed by atoms with van der Waals surface area (Å²) in [6.07, 6.45) is 18.7. The van der Waals surface area contributed by atoms with E-state index in [2.05, 4.69) is 11.9 Å². The van der Waals surface area contributed by atoms with Crippen molar-refractivity contribution >= 4 is 6.09 Å². The van der Waals surface area contributed by atoms with Crippen molar-refractivity contribution in [2.75, 3.05) is 19.7 Å². The summed E-state index contributed by atoms with van der Waals surface area (Å²) in [5.41, 5.74) is 1.78. The van der Waals surface area contributed by atoms with E-state index in [1.807, 2.05) is 29.4 Å². The molecule has 4 heteroatoms. The molecule has 1 amide bonds. The summed E-state index contributed by atoms with van der Waals surface area (Å²) >= 11 is 0. The number of unbranched alkanes of at least 4 members (excludes halogenated alkanes) is 2. The lowest BCUT2D eigenvalue weighted by Crippen LogP contribution is -2.47. The minimum Gasteiger partial charge on any atom is -0.449 e. The molecule has 0 unspecified atom stereocenters. The minimum atomic E-state index is -0.0921. The highest BCUT2D eigenvalue weighted by molar-refractivity contribution is 5.67. The Bertz CT molecular complexity index is 640. The first kappa shape index (κ1) is 21.6. The molecule has 4 nitrogen and oxygen atoms in total. The van der Waals surface area contributed by atoms with Crippen LogP contribution in [0.3, 0.4) is 0 Å². The number of aryl methyl sites for hydroxylation is 1. The molecule has 4 bridgehead atoms. The normalized spacial score (nSPS) is 29.2. The van der Waals surface area contributed by atoms with Crippen molar-refractivity contribution in [1.29, 1.82) is 0 Å². The molecule has 5 rings (SSSR count). The van der Waals surface area contributed by atoms with Crippen molar-refractivity contribution in [3.8, 4) is 0 Å². The number of carbonyl (C=O) groups excluding carboxylic acids is 1. The van der Waals surface area contributed by atoms with Crippen LogP contribution in [0, 0.1) is 23.2 Å². The van der Waals surface area contributed by atoms with Gasteiger partial charge in [-0.3, -0.25) is 4.98 Å². The second-order valence-electron chi connectivity index (χ2n) is 10.4. The van der Waals surface area contributed by atoms with Crippen molar-refractivity contribution in [1.82, 2.24) is 9.88 Å². The summed E-state index contributed by atoms with van der Waals surface area (Å²) in [6.45, 7) is 4.46.